The maximum Gasteiger partial charge on any atom is 0.352 e. The Balaban J connectivity index is 1.31. The van der Waals surface area contributed by atoms with E-state index in [0.717, 1.165) is 16.2 Å². The molecule has 18 heteroatoms. The number of carboxylic acid groups (broad SMARTS) is 3. The summed E-state index contributed by atoms with van der Waals surface area (Å²) in [5.74, 6) is -5.20. The normalized spacial score (nSPS) is 25.6. The number of thiazole rings is 1. The van der Waals surface area contributed by atoms with Crippen molar-refractivity contribution in [2.75, 3.05) is 31.9 Å². The fourth-order valence-corrected chi connectivity index (χ4v) is 7.44. The Morgan fingerprint density at radius 1 is 1.22 bits per heavy atom. The Morgan fingerprint density at radius 3 is 2.67 bits per heavy atom. The first-order valence-electron chi connectivity index (χ1n) is 14.0. The van der Waals surface area contributed by atoms with E-state index in [1.165, 1.54) is 35.7 Å². The van der Waals surface area contributed by atoms with Gasteiger partial charge in [0.05, 0.1) is 12.1 Å². The zero-order chi connectivity index (χ0) is 32.4. The van der Waals surface area contributed by atoms with E-state index in [0.29, 0.717) is 50.0 Å². The Bertz CT molecular complexity index is 1510. The summed E-state index contributed by atoms with van der Waals surface area (Å²) in [7, 11) is 0. The van der Waals surface area contributed by atoms with Crippen molar-refractivity contribution in [3.05, 3.63) is 39.5 Å². The molecule has 5 heterocycles. The molecule has 3 amide bonds. The van der Waals surface area contributed by atoms with Crippen molar-refractivity contribution in [2.45, 2.75) is 49.7 Å². The number of fused-ring (bicyclic) bond motifs is 1. The lowest BCUT2D eigenvalue weighted by atomic mass is 9.97. The number of aliphatic carboxylic acids is 3. The van der Waals surface area contributed by atoms with Crippen molar-refractivity contribution >= 4 is 64.4 Å². The van der Waals surface area contributed by atoms with Crippen LogP contribution in [0.4, 0.5) is 0 Å². The molecule has 4 atom stereocenters. The lowest BCUT2D eigenvalue weighted by Gasteiger charge is -2.49. The third kappa shape index (κ3) is 6.71. The largest absolute Gasteiger partial charge is 0.480 e. The molecule has 1 aromatic rings. The first kappa shape index (κ1) is 32.1. The van der Waals surface area contributed by atoms with Gasteiger partial charge in [0.1, 0.15) is 22.8 Å². The predicted octanol–water partition coefficient (Wildman–Crippen LogP) is -0.217. The molecule has 3 saturated heterocycles. The van der Waals surface area contributed by atoms with Crippen LogP contribution in [0.25, 0.3) is 0 Å². The first-order valence-corrected chi connectivity index (χ1v) is 16.0. The van der Waals surface area contributed by atoms with Crippen LogP contribution in [0, 0.1) is 0 Å². The van der Waals surface area contributed by atoms with Gasteiger partial charge in [-0.05, 0) is 37.8 Å². The summed E-state index contributed by atoms with van der Waals surface area (Å²) in [6.45, 7) is 2.65. The lowest BCUT2D eigenvalue weighted by molar-refractivity contribution is -0.150. The van der Waals surface area contributed by atoms with Crippen LogP contribution in [-0.2, 0) is 33.6 Å². The van der Waals surface area contributed by atoms with Crippen LogP contribution in [0.1, 0.15) is 31.9 Å². The Morgan fingerprint density at radius 2 is 2.00 bits per heavy atom. The number of nitrogens with one attached hydrogen (secondary N) is 1. The number of piperidine rings is 1. The van der Waals surface area contributed by atoms with Crippen LogP contribution in [-0.4, -0.2) is 132 Å². The predicted molar refractivity (Wildman–Crippen MR) is 158 cm³/mol. The molecule has 3 fully saturated rings. The van der Waals surface area contributed by atoms with E-state index < -0.39 is 47.2 Å². The van der Waals surface area contributed by atoms with Crippen molar-refractivity contribution in [3.8, 4) is 0 Å². The lowest BCUT2D eigenvalue weighted by Crippen LogP contribution is -2.71. The minimum atomic E-state index is -1.36. The molecule has 45 heavy (non-hydrogen) atoms. The number of hydrogen-bond donors (Lipinski definition) is 4. The Kier molecular flexibility index (Phi) is 9.54. The molecule has 0 aliphatic carbocycles. The smallest absolute Gasteiger partial charge is 0.352 e. The summed E-state index contributed by atoms with van der Waals surface area (Å²) in [5.41, 5.74) is 1.64. The van der Waals surface area contributed by atoms with Crippen LogP contribution in [0.2, 0.25) is 0 Å². The highest BCUT2D eigenvalue weighted by Gasteiger charge is 2.54. The second kappa shape index (κ2) is 13.4. The van der Waals surface area contributed by atoms with Gasteiger partial charge in [-0.2, -0.15) is 0 Å². The molecule has 0 bridgehead atoms. The SMILES string of the molecule is CC(O/N=C(\C(=O)N[C@H]1C(=O)N2C(C(=O)O)=C(/C=C3\CCCN(C4CCN(CC(=O)O)C4)C3=O)CSC12)c1cscn1)C(=O)O. The highest BCUT2D eigenvalue weighted by atomic mass is 32.2. The number of β-lactam (4-membered cyclic amide) rings is 1. The molecular formula is C27H30N6O10S2. The minimum absolute atomic E-state index is 0.101. The summed E-state index contributed by atoms with van der Waals surface area (Å²) in [5, 5.41) is 35.2. The Labute approximate surface area is 264 Å². The standard InChI is InChI=1S/C27H30N6O10S2/c1-13(26(39)40)43-30-19(17-11-44-12-28-17)22(36)29-20-24(38)33-21(27(41)42)15(10-45-25(20)33)7-14-3-2-5-32(23(14)37)16-4-6-31(8-16)9-18(34)35/h7,11-13,16,20,25H,2-6,8-10H2,1H3,(H,29,36)(H,34,35)(H,39,40)(H,41,42)/b14-7+,30-19-/t13?,16?,20-,25?/m0/s1. The third-order valence-corrected chi connectivity index (χ3v) is 9.69. The second-order valence-corrected chi connectivity index (χ2v) is 12.6. The van der Waals surface area contributed by atoms with Crippen LogP contribution in [0.5, 0.6) is 0 Å². The number of amides is 3. The Hall–Kier alpha value is -4.29. The molecule has 3 unspecified atom stereocenters. The molecule has 4 N–H and O–H groups in total. The third-order valence-electron chi connectivity index (χ3n) is 7.80. The van der Waals surface area contributed by atoms with E-state index in [2.05, 4.69) is 15.5 Å². The van der Waals surface area contributed by atoms with Gasteiger partial charge in [-0.15, -0.1) is 23.1 Å². The summed E-state index contributed by atoms with van der Waals surface area (Å²) in [4.78, 5) is 88.0. The van der Waals surface area contributed by atoms with E-state index in [1.807, 2.05) is 0 Å². The molecule has 240 valence electrons. The summed E-state index contributed by atoms with van der Waals surface area (Å²) < 4.78 is 0. The number of nitrogens with zero attached hydrogens (tertiary/aromatic N) is 5. The van der Waals surface area contributed by atoms with Gasteiger partial charge < -0.3 is 30.4 Å². The molecule has 0 saturated carbocycles. The van der Waals surface area contributed by atoms with Crippen LogP contribution in [0.3, 0.4) is 0 Å². The maximum atomic E-state index is 13.4. The van der Waals surface area contributed by atoms with Crippen LogP contribution < -0.4 is 5.32 Å². The topological polar surface area (TPSA) is 219 Å². The van der Waals surface area contributed by atoms with Crippen molar-refractivity contribution in [1.82, 2.24) is 25.0 Å². The molecule has 4 aliphatic rings. The van der Waals surface area contributed by atoms with Crippen molar-refractivity contribution in [3.63, 3.8) is 0 Å². The number of oxime groups is 1. The van der Waals surface area contributed by atoms with Gasteiger partial charge in [0.2, 0.25) is 12.0 Å². The number of aromatic nitrogens is 1. The number of likely N-dealkylation sites (tertiary alicyclic amines) is 2. The number of rotatable bonds is 11. The van der Waals surface area contributed by atoms with Crippen LogP contribution in [0.15, 0.2) is 39.0 Å². The zero-order valence-electron chi connectivity index (χ0n) is 24.0. The van der Waals surface area contributed by atoms with Gasteiger partial charge in [-0.25, -0.2) is 14.6 Å². The fourth-order valence-electron chi connectivity index (χ4n) is 5.60. The molecule has 0 radical (unpaired) electrons. The average molecular weight is 663 g/mol. The average Bonchev–Trinajstić information content (AvgIpc) is 3.69. The monoisotopic (exact) mass is 662 g/mol. The number of carboxylic acids is 3. The highest BCUT2D eigenvalue weighted by molar-refractivity contribution is 8.00. The molecule has 5 rings (SSSR count). The van der Waals surface area contributed by atoms with E-state index in [4.69, 9.17) is 15.1 Å². The van der Waals surface area contributed by atoms with Gasteiger partial charge in [0.15, 0.2) is 5.71 Å². The van der Waals surface area contributed by atoms with E-state index in [9.17, 15) is 33.9 Å². The number of carbonyl (C=O) groups excluding carboxylic acids is 3. The highest BCUT2D eigenvalue weighted by Crippen LogP contribution is 2.41. The molecule has 1 aromatic heterocycles. The van der Waals surface area contributed by atoms with Crippen LogP contribution >= 0.6 is 23.1 Å². The van der Waals surface area contributed by atoms with Gasteiger partial charge in [0.25, 0.3) is 11.8 Å². The molecule has 16 nitrogen and oxygen atoms in total. The minimum Gasteiger partial charge on any atom is -0.480 e. The zero-order valence-corrected chi connectivity index (χ0v) is 25.6. The van der Waals surface area contributed by atoms with Crippen molar-refractivity contribution in [2.24, 2.45) is 5.16 Å². The van der Waals surface area contributed by atoms with E-state index in [1.54, 1.807) is 9.80 Å². The number of carbonyl (C=O) groups is 6. The van der Waals surface area contributed by atoms with E-state index >= 15 is 0 Å². The van der Waals surface area contributed by atoms with E-state index in [-0.39, 0.29) is 41.3 Å². The number of hydrogen-bond acceptors (Lipinski definition) is 12. The molecular weight excluding hydrogens is 632 g/mol. The number of thioether (sulfide) groups is 1. The van der Waals surface area contributed by atoms with Gasteiger partial charge in [0, 0.05) is 42.4 Å². The van der Waals surface area contributed by atoms with Gasteiger partial charge in [-0.3, -0.25) is 29.0 Å². The van der Waals surface area contributed by atoms with Gasteiger partial charge >= 0.3 is 17.9 Å². The first-order chi connectivity index (χ1) is 21.5. The summed E-state index contributed by atoms with van der Waals surface area (Å²) in [6, 6.07) is -1.25. The molecule has 4 aliphatic heterocycles. The van der Waals surface area contributed by atoms with Crippen molar-refractivity contribution < 1.29 is 48.9 Å². The second-order valence-electron chi connectivity index (χ2n) is 10.8. The van der Waals surface area contributed by atoms with Crippen molar-refractivity contribution in [1.29, 1.82) is 0 Å². The summed E-state index contributed by atoms with van der Waals surface area (Å²) >= 11 is 2.38. The van der Waals surface area contributed by atoms with Gasteiger partial charge in [-0.1, -0.05) is 5.16 Å². The fraction of sp³-hybridized carbons (Fsp3) is 0.481. The summed E-state index contributed by atoms with van der Waals surface area (Å²) in [6.07, 6.45) is 1.91. The maximum absolute atomic E-state index is 13.4. The quantitative estimate of drug-likeness (QED) is 0.104. The number of allylic oxidation sites excluding steroid dienone is 1. The molecule has 0 aromatic carbocycles. The molecule has 0 spiro atoms.